The predicted molar refractivity (Wildman–Crippen MR) is 131 cm³/mol. The Bertz CT molecular complexity index is 1280. The molecule has 1 N–H and O–H groups in total. The van der Waals surface area contributed by atoms with E-state index in [9.17, 15) is 4.39 Å². The van der Waals surface area contributed by atoms with E-state index in [-0.39, 0.29) is 17.9 Å². The lowest BCUT2D eigenvalue weighted by Gasteiger charge is -2.26. The number of aryl methyl sites for hydroxylation is 1. The standard InChI is InChI=1S/C25H19BrFN3OS/c1-15-5-8-17(9-6-15)30-24(23(29-25(30)32)20-4-2-3-13-28-20)22-12-11-21(31-22)18-10-7-16(26)14-19(18)27/h2-14,23-24H,1H3,(H,29,32)/t23-,24-/m1/s1. The molecule has 0 amide bonds. The van der Waals surface area contributed by atoms with Crippen LogP contribution in [0, 0.1) is 12.7 Å². The Kier molecular flexibility index (Phi) is 5.53. The van der Waals surface area contributed by atoms with Crippen LogP contribution in [0.5, 0.6) is 0 Å². The Morgan fingerprint density at radius 2 is 1.88 bits per heavy atom. The number of furan rings is 1. The number of aromatic nitrogens is 1. The number of thiocarbonyl (C=S) groups is 1. The molecular formula is C25H19BrFN3OS. The number of pyridine rings is 1. The second kappa shape index (κ2) is 8.48. The average Bonchev–Trinajstić information content (AvgIpc) is 3.39. The topological polar surface area (TPSA) is 41.3 Å². The van der Waals surface area contributed by atoms with Gasteiger partial charge in [0.1, 0.15) is 23.4 Å². The molecule has 2 aromatic heterocycles. The van der Waals surface area contributed by atoms with Crippen LogP contribution >= 0.6 is 28.1 Å². The number of hydrogen-bond acceptors (Lipinski definition) is 3. The van der Waals surface area contributed by atoms with E-state index in [1.54, 1.807) is 24.4 Å². The molecule has 0 radical (unpaired) electrons. The zero-order chi connectivity index (χ0) is 22.2. The molecule has 4 nitrogen and oxygen atoms in total. The number of rotatable bonds is 4. The molecule has 0 spiro atoms. The second-order valence-electron chi connectivity index (χ2n) is 7.66. The molecule has 160 valence electrons. The summed E-state index contributed by atoms with van der Waals surface area (Å²) in [5.74, 6) is 0.786. The molecule has 4 aromatic rings. The highest BCUT2D eigenvalue weighted by Gasteiger charge is 2.42. The summed E-state index contributed by atoms with van der Waals surface area (Å²) in [5.41, 5.74) is 3.37. The molecule has 3 heterocycles. The third-order valence-electron chi connectivity index (χ3n) is 5.53. The summed E-state index contributed by atoms with van der Waals surface area (Å²) in [7, 11) is 0. The van der Waals surface area contributed by atoms with Crippen molar-refractivity contribution in [1.82, 2.24) is 10.3 Å². The van der Waals surface area contributed by atoms with Crippen LogP contribution in [-0.2, 0) is 0 Å². The Balaban J connectivity index is 1.60. The minimum absolute atomic E-state index is 0.223. The van der Waals surface area contributed by atoms with Crippen molar-refractivity contribution in [2.24, 2.45) is 0 Å². The minimum atomic E-state index is -0.350. The summed E-state index contributed by atoms with van der Waals surface area (Å²) >= 11 is 9.03. The number of hydrogen-bond donors (Lipinski definition) is 1. The lowest BCUT2D eigenvalue weighted by molar-refractivity contribution is 0.438. The predicted octanol–water partition coefficient (Wildman–Crippen LogP) is 6.73. The van der Waals surface area contributed by atoms with Crippen molar-refractivity contribution in [3.8, 4) is 11.3 Å². The van der Waals surface area contributed by atoms with Gasteiger partial charge in [0.2, 0.25) is 0 Å². The van der Waals surface area contributed by atoms with Crippen molar-refractivity contribution in [2.75, 3.05) is 4.90 Å². The zero-order valence-electron chi connectivity index (χ0n) is 17.1. The van der Waals surface area contributed by atoms with Gasteiger partial charge >= 0.3 is 0 Å². The van der Waals surface area contributed by atoms with Crippen LogP contribution in [0.4, 0.5) is 10.1 Å². The van der Waals surface area contributed by atoms with E-state index in [1.165, 1.54) is 6.07 Å². The molecule has 1 aliphatic rings. The summed E-state index contributed by atoms with van der Waals surface area (Å²) in [6, 6.07) is 22.1. The van der Waals surface area contributed by atoms with E-state index in [0.29, 0.717) is 26.7 Å². The summed E-state index contributed by atoms with van der Waals surface area (Å²) in [5, 5.41) is 3.99. The highest BCUT2D eigenvalue weighted by Crippen LogP contribution is 2.43. The van der Waals surface area contributed by atoms with Gasteiger partial charge in [-0.1, -0.05) is 39.7 Å². The third-order valence-corrected chi connectivity index (χ3v) is 6.33. The van der Waals surface area contributed by atoms with Crippen molar-refractivity contribution in [3.05, 3.63) is 106 Å². The molecule has 5 rings (SSSR count). The first-order valence-corrected chi connectivity index (χ1v) is 11.3. The van der Waals surface area contributed by atoms with Crippen LogP contribution in [0.2, 0.25) is 0 Å². The molecule has 32 heavy (non-hydrogen) atoms. The van der Waals surface area contributed by atoms with Gasteiger partial charge in [0.25, 0.3) is 0 Å². The molecule has 0 unspecified atom stereocenters. The molecule has 2 atom stereocenters. The average molecular weight is 508 g/mol. The maximum atomic E-state index is 14.6. The normalized spacial score (nSPS) is 18.1. The fourth-order valence-corrected chi connectivity index (χ4v) is 4.65. The van der Waals surface area contributed by atoms with Gasteiger partial charge in [-0.25, -0.2) is 4.39 Å². The van der Waals surface area contributed by atoms with Crippen molar-refractivity contribution < 1.29 is 8.81 Å². The summed E-state index contributed by atoms with van der Waals surface area (Å²) < 4.78 is 21.5. The van der Waals surface area contributed by atoms with Gasteiger partial charge in [-0.15, -0.1) is 0 Å². The van der Waals surface area contributed by atoms with Gasteiger partial charge < -0.3 is 14.6 Å². The van der Waals surface area contributed by atoms with Gasteiger partial charge in [0.15, 0.2) is 5.11 Å². The van der Waals surface area contributed by atoms with Crippen LogP contribution in [-0.4, -0.2) is 10.1 Å². The first kappa shape index (κ1) is 20.8. The molecule has 0 saturated carbocycles. The molecular weight excluding hydrogens is 489 g/mol. The van der Waals surface area contributed by atoms with Crippen molar-refractivity contribution in [3.63, 3.8) is 0 Å². The second-order valence-corrected chi connectivity index (χ2v) is 8.96. The lowest BCUT2D eigenvalue weighted by Crippen LogP contribution is -2.29. The van der Waals surface area contributed by atoms with Crippen LogP contribution < -0.4 is 10.2 Å². The summed E-state index contributed by atoms with van der Waals surface area (Å²) in [6.45, 7) is 2.05. The fourth-order valence-electron chi connectivity index (χ4n) is 3.97. The van der Waals surface area contributed by atoms with E-state index < -0.39 is 0 Å². The molecule has 7 heteroatoms. The van der Waals surface area contributed by atoms with Crippen LogP contribution in [0.1, 0.15) is 29.1 Å². The van der Waals surface area contributed by atoms with Crippen LogP contribution in [0.3, 0.4) is 0 Å². The highest BCUT2D eigenvalue weighted by atomic mass is 79.9. The minimum Gasteiger partial charge on any atom is -0.459 e. The Morgan fingerprint density at radius 1 is 1.06 bits per heavy atom. The van der Waals surface area contributed by atoms with Gasteiger partial charge in [-0.05, 0) is 73.7 Å². The highest BCUT2D eigenvalue weighted by molar-refractivity contribution is 9.10. The Morgan fingerprint density at radius 3 is 2.59 bits per heavy atom. The Hall–Kier alpha value is -3.03. The van der Waals surface area contributed by atoms with E-state index in [0.717, 1.165) is 16.9 Å². The monoisotopic (exact) mass is 507 g/mol. The number of nitrogens with one attached hydrogen (secondary N) is 1. The lowest BCUT2D eigenvalue weighted by atomic mass is 10.0. The van der Waals surface area contributed by atoms with Gasteiger partial charge in [0, 0.05) is 16.4 Å². The molecule has 0 aliphatic carbocycles. The van der Waals surface area contributed by atoms with Gasteiger partial charge in [0.05, 0.1) is 17.3 Å². The maximum absolute atomic E-state index is 14.6. The van der Waals surface area contributed by atoms with Crippen molar-refractivity contribution >= 4 is 38.9 Å². The summed E-state index contributed by atoms with van der Waals surface area (Å²) in [4.78, 5) is 6.58. The van der Waals surface area contributed by atoms with E-state index >= 15 is 0 Å². The number of benzene rings is 2. The molecule has 1 aliphatic heterocycles. The van der Waals surface area contributed by atoms with E-state index in [1.807, 2.05) is 60.4 Å². The summed E-state index contributed by atoms with van der Waals surface area (Å²) in [6.07, 6.45) is 1.76. The van der Waals surface area contributed by atoms with Gasteiger partial charge in [-0.2, -0.15) is 0 Å². The largest absolute Gasteiger partial charge is 0.459 e. The molecule has 1 saturated heterocycles. The van der Waals surface area contributed by atoms with Crippen LogP contribution in [0.15, 0.2) is 87.9 Å². The SMILES string of the molecule is Cc1ccc(N2C(=S)N[C@H](c3ccccn3)[C@H]2c2ccc(-c3ccc(Br)cc3F)o2)cc1. The maximum Gasteiger partial charge on any atom is 0.174 e. The van der Waals surface area contributed by atoms with E-state index in [4.69, 9.17) is 16.6 Å². The van der Waals surface area contributed by atoms with Gasteiger partial charge in [-0.3, -0.25) is 4.98 Å². The number of halogens is 2. The van der Waals surface area contributed by atoms with E-state index in [2.05, 4.69) is 26.2 Å². The number of anilines is 1. The van der Waals surface area contributed by atoms with Crippen molar-refractivity contribution in [1.29, 1.82) is 0 Å². The number of nitrogens with zero attached hydrogens (tertiary/aromatic N) is 2. The first-order valence-electron chi connectivity index (χ1n) is 10.1. The smallest absolute Gasteiger partial charge is 0.174 e. The van der Waals surface area contributed by atoms with Crippen molar-refractivity contribution in [2.45, 2.75) is 19.0 Å². The zero-order valence-corrected chi connectivity index (χ0v) is 19.5. The first-order chi connectivity index (χ1) is 15.5. The van der Waals surface area contributed by atoms with Crippen LogP contribution in [0.25, 0.3) is 11.3 Å². The quantitative estimate of drug-likeness (QED) is 0.310. The molecule has 0 bridgehead atoms. The molecule has 1 fully saturated rings. The molecule has 2 aromatic carbocycles. The Labute approximate surface area is 199 Å². The third kappa shape index (κ3) is 3.82. The fraction of sp³-hybridized carbons (Fsp3) is 0.120.